The topological polar surface area (TPSA) is 52.9 Å². The van der Waals surface area contributed by atoms with Gasteiger partial charge in [0.1, 0.15) is 5.82 Å². The van der Waals surface area contributed by atoms with E-state index in [-0.39, 0.29) is 24.6 Å². The number of aliphatic hydroxyl groups excluding tert-OH is 2. The van der Waals surface area contributed by atoms with Crippen molar-refractivity contribution in [2.24, 2.45) is 0 Å². The van der Waals surface area contributed by atoms with Gasteiger partial charge in [-0.3, -0.25) is 4.90 Å². The highest BCUT2D eigenvalue weighted by Crippen LogP contribution is 2.21. The van der Waals surface area contributed by atoms with E-state index in [9.17, 15) is 9.50 Å². The van der Waals surface area contributed by atoms with E-state index in [0.29, 0.717) is 25.1 Å². The molecule has 0 spiro atoms. The number of morpholine rings is 1. The molecule has 1 heterocycles. The summed E-state index contributed by atoms with van der Waals surface area (Å²) in [6, 6.07) is 6.30. The van der Waals surface area contributed by atoms with Crippen LogP contribution in [0, 0.1) is 5.82 Å². The molecule has 0 aromatic heterocycles. The van der Waals surface area contributed by atoms with Crippen LogP contribution in [0.1, 0.15) is 25.0 Å². The van der Waals surface area contributed by atoms with E-state index in [1.165, 1.54) is 6.07 Å². The Hall–Kier alpha value is -1.01. The highest BCUT2D eigenvalue weighted by molar-refractivity contribution is 5.19. The standard InChI is InChI=1S/C15H22FNO3/c1-11-8-17(9-12(10-18)20-11)7-6-15(19)13-4-2-3-5-14(13)16/h2-5,11-12,15,18-19H,6-10H2,1H3. The van der Waals surface area contributed by atoms with Gasteiger partial charge in [0.15, 0.2) is 0 Å². The second-order valence-electron chi connectivity index (χ2n) is 5.34. The Bertz CT molecular complexity index is 429. The predicted octanol–water partition coefficient (Wildman–Crippen LogP) is 1.33. The van der Waals surface area contributed by atoms with Gasteiger partial charge in [0, 0.05) is 25.2 Å². The smallest absolute Gasteiger partial charge is 0.128 e. The first kappa shape index (κ1) is 15.4. The first-order valence-electron chi connectivity index (χ1n) is 7.01. The Morgan fingerprint density at radius 3 is 2.85 bits per heavy atom. The van der Waals surface area contributed by atoms with Gasteiger partial charge in [-0.2, -0.15) is 0 Å². The highest BCUT2D eigenvalue weighted by atomic mass is 19.1. The van der Waals surface area contributed by atoms with Crippen molar-refractivity contribution in [1.82, 2.24) is 4.90 Å². The Kier molecular flexibility index (Phi) is 5.48. The third-order valence-electron chi connectivity index (χ3n) is 3.59. The molecule has 1 fully saturated rings. The summed E-state index contributed by atoms with van der Waals surface area (Å²) in [5, 5.41) is 19.2. The molecule has 20 heavy (non-hydrogen) atoms. The van der Waals surface area contributed by atoms with E-state index in [1.54, 1.807) is 18.2 Å². The van der Waals surface area contributed by atoms with Crippen LogP contribution < -0.4 is 0 Å². The van der Waals surface area contributed by atoms with Gasteiger partial charge in [-0.25, -0.2) is 4.39 Å². The number of ether oxygens (including phenoxy) is 1. The average Bonchev–Trinajstić information content (AvgIpc) is 2.44. The molecule has 1 aliphatic rings. The van der Waals surface area contributed by atoms with Gasteiger partial charge in [-0.1, -0.05) is 18.2 Å². The van der Waals surface area contributed by atoms with E-state index < -0.39 is 6.10 Å². The van der Waals surface area contributed by atoms with Gasteiger partial charge in [0.05, 0.1) is 24.9 Å². The van der Waals surface area contributed by atoms with E-state index >= 15 is 0 Å². The number of hydrogen-bond donors (Lipinski definition) is 2. The molecule has 0 aliphatic carbocycles. The zero-order chi connectivity index (χ0) is 14.5. The maximum Gasteiger partial charge on any atom is 0.128 e. The number of rotatable bonds is 5. The van der Waals surface area contributed by atoms with Crippen molar-refractivity contribution in [1.29, 1.82) is 0 Å². The minimum absolute atomic E-state index is 0.00327. The molecular weight excluding hydrogens is 261 g/mol. The first-order chi connectivity index (χ1) is 9.60. The van der Waals surface area contributed by atoms with Crippen LogP contribution in [0.5, 0.6) is 0 Å². The molecular formula is C15H22FNO3. The fraction of sp³-hybridized carbons (Fsp3) is 0.600. The van der Waals surface area contributed by atoms with Gasteiger partial charge < -0.3 is 14.9 Å². The summed E-state index contributed by atoms with van der Waals surface area (Å²) in [6.45, 7) is 4.02. The molecule has 1 saturated heterocycles. The van der Waals surface area contributed by atoms with E-state index in [4.69, 9.17) is 9.84 Å². The fourth-order valence-corrected chi connectivity index (χ4v) is 2.63. The Balaban J connectivity index is 1.87. The molecule has 0 amide bonds. The van der Waals surface area contributed by atoms with Crippen LogP contribution in [-0.4, -0.2) is 53.6 Å². The lowest BCUT2D eigenvalue weighted by atomic mass is 10.1. The van der Waals surface area contributed by atoms with Crippen LogP contribution >= 0.6 is 0 Å². The molecule has 1 aromatic rings. The number of aliphatic hydroxyl groups is 2. The average molecular weight is 283 g/mol. The number of nitrogens with zero attached hydrogens (tertiary/aromatic N) is 1. The van der Waals surface area contributed by atoms with Crippen LogP contribution in [0.15, 0.2) is 24.3 Å². The number of halogens is 1. The van der Waals surface area contributed by atoms with Gasteiger partial charge in [-0.05, 0) is 19.4 Å². The minimum atomic E-state index is -0.804. The molecule has 0 saturated carbocycles. The van der Waals surface area contributed by atoms with E-state index in [1.807, 2.05) is 6.92 Å². The normalized spacial score (nSPS) is 25.6. The molecule has 1 aliphatic heterocycles. The Morgan fingerprint density at radius 2 is 2.15 bits per heavy atom. The largest absolute Gasteiger partial charge is 0.394 e. The SMILES string of the molecule is CC1CN(CCC(O)c2ccccc2F)CC(CO)O1. The van der Waals surface area contributed by atoms with E-state index in [0.717, 1.165) is 6.54 Å². The lowest BCUT2D eigenvalue weighted by Crippen LogP contribution is -2.48. The summed E-state index contributed by atoms with van der Waals surface area (Å²) in [7, 11) is 0. The third-order valence-corrected chi connectivity index (χ3v) is 3.59. The maximum absolute atomic E-state index is 13.6. The van der Waals surface area contributed by atoms with Crippen LogP contribution in [0.4, 0.5) is 4.39 Å². The van der Waals surface area contributed by atoms with Crippen molar-refractivity contribution in [3.63, 3.8) is 0 Å². The minimum Gasteiger partial charge on any atom is -0.394 e. The maximum atomic E-state index is 13.6. The molecule has 3 atom stereocenters. The van der Waals surface area contributed by atoms with Gasteiger partial charge in [0.2, 0.25) is 0 Å². The van der Waals surface area contributed by atoms with Gasteiger partial charge in [-0.15, -0.1) is 0 Å². The summed E-state index contributed by atoms with van der Waals surface area (Å²) in [4.78, 5) is 2.14. The molecule has 1 aromatic carbocycles. The van der Waals surface area contributed by atoms with Crippen molar-refractivity contribution < 1.29 is 19.3 Å². The molecule has 2 N–H and O–H groups in total. The quantitative estimate of drug-likeness (QED) is 0.856. The monoisotopic (exact) mass is 283 g/mol. The highest BCUT2D eigenvalue weighted by Gasteiger charge is 2.25. The van der Waals surface area contributed by atoms with Crippen molar-refractivity contribution in [2.75, 3.05) is 26.2 Å². The number of hydrogen-bond acceptors (Lipinski definition) is 4. The lowest BCUT2D eigenvalue weighted by molar-refractivity contribution is -0.0967. The fourth-order valence-electron chi connectivity index (χ4n) is 2.63. The van der Waals surface area contributed by atoms with Crippen molar-refractivity contribution in [3.05, 3.63) is 35.6 Å². The third kappa shape index (κ3) is 3.99. The van der Waals surface area contributed by atoms with Crippen molar-refractivity contribution in [3.8, 4) is 0 Å². The molecule has 0 radical (unpaired) electrons. The van der Waals surface area contributed by atoms with Crippen LogP contribution in [0.25, 0.3) is 0 Å². The molecule has 5 heteroatoms. The van der Waals surface area contributed by atoms with Gasteiger partial charge >= 0.3 is 0 Å². The van der Waals surface area contributed by atoms with Gasteiger partial charge in [0.25, 0.3) is 0 Å². The lowest BCUT2D eigenvalue weighted by Gasteiger charge is -2.36. The van der Waals surface area contributed by atoms with Crippen molar-refractivity contribution in [2.45, 2.75) is 31.7 Å². The zero-order valence-electron chi connectivity index (χ0n) is 11.7. The molecule has 0 bridgehead atoms. The van der Waals surface area contributed by atoms with Crippen LogP contribution in [0.3, 0.4) is 0 Å². The second kappa shape index (κ2) is 7.13. The Labute approximate surface area is 118 Å². The van der Waals surface area contributed by atoms with Crippen LogP contribution in [-0.2, 0) is 4.74 Å². The predicted molar refractivity (Wildman–Crippen MR) is 73.8 cm³/mol. The summed E-state index contributed by atoms with van der Waals surface area (Å²) in [5.74, 6) is -0.372. The van der Waals surface area contributed by atoms with Crippen LogP contribution in [0.2, 0.25) is 0 Å². The summed E-state index contributed by atoms with van der Waals surface area (Å²) in [5.41, 5.74) is 0.340. The molecule has 2 rings (SSSR count). The zero-order valence-corrected chi connectivity index (χ0v) is 11.7. The first-order valence-corrected chi connectivity index (χ1v) is 7.01. The molecule has 112 valence electrons. The second-order valence-corrected chi connectivity index (χ2v) is 5.34. The summed E-state index contributed by atoms with van der Waals surface area (Å²) >= 11 is 0. The Morgan fingerprint density at radius 1 is 1.40 bits per heavy atom. The molecule has 3 unspecified atom stereocenters. The number of benzene rings is 1. The summed E-state index contributed by atoms with van der Waals surface area (Å²) < 4.78 is 19.1. The van der Waals surface area contributed by atoms with E-state index in [2.05, 4.69) is 4.90 Å². The van der Waals surface area contributed by atoms with Crippen molar-refractivity contribution >= 4 is 0 Å². The molecule has 4 nitrogen and oxygen atoms in total. The summed E-state index contributed by atoms with van der Waals surface area (Å²) in [6.07, 6.45) is -0.455.